The summed E-state index contributed by atoms with van der Waals surface area (Å²) in [5.41, 5.74) is 2.69. The van der Waals surface area contributed by atoms with E-state index in [1.54, 1.807) is 0 Å². The highest BCUT2D eigenvalue weighted by atomic mass is 14.8. The van der Waals surface area contributed by atoms with Gasteiger partial charge in [0.2, 0.25) is 0 Å². The summed E-state index contributed by atoms with van der Waals surface area (Å²) >= 11 is 0. The average Bonchev–Trinajstić information content (AvgIpc) is 3.00. The van der Waals surface area contributed by atoms with Gasteiger partial charge in [0.25, 0.3) is 0 Å². The molecular weight excluding hydrogens is 158 g/mol. The van der Waals surface area contributed by atoms with Gasteiger partial charge in [0.05, 0.1) is 0 Å². The molecule has 0 amide bonds. The van der Waals surface area contributed by atoms with E-state index in [-0.39, 0.29) is 0 Å². The van der Waals surface area contributed by atoms with Crippen LogP contribution in [-0.2, 0) is 0 Å². The fourth-order valence-corrected chi connectivity index (χ4v) is 1.82. The van der Waals surface area contributed by atoms with E-state index in [9.17, 15) is 0 Å². The van der Waals surface area contributed by atoms with E-state index in [4.69, 9.17) is 0 Å². The first-order valence-corrected chi connectivity index (χ1v) is 5.09. The number of benzene rings is 1. The molecule has 1 unspecified atom stereocenters. The topological polar surface area (TPSA) is 12.0 Å². The van der Waals surface area contributed by atoms with Crippen LogP contribution in [0, 0.1) is 5.92 Å². The van der Waals surface area contributed by atoms with E-state index in [2.05, 4.69) is 36.5 Å². The molecule has 0 aromatic heterocycles. The highest BCUT2D eigenvalue weighted by Gasteiger charge is 2.28. The molecule has 1 nitrogen and oxygen atoms in total. The molecule has 0 saturated heterocycles. The summed E-state index contributed by atoms with van der Waals surface area (Å²) in [5, 5.41) is 3.14. The summed E-state index contributed by atoms with van der Waals surface area (Å²) in [6.45, 7) is 2.34. The molecule has 1 aliphatic rings. The van der Waals surface area contributed by atoms with Crippen LogP contribution in [0.25, 0.3) is 0 Å². The largest absolute Gasteiger partial charge is 0.388 e. The molecule has 1 fully saturated rings. The van der Waals surface area contributed by atoms with Gasteiger partial charge in [-0.25, -0.2) is 0 Å². The first kappa shape index (κ1) is 8.61. The lowest BCUT2D eigenvalue weighted by molar-refractivity contribution is 0.664. The second-order valence-corrected chi connectivity index (χ2v) is 4.00. The van der Waals surface area contributed by atoms with Gasteiger partial charge in [-0.05, 0) is 42.4 Å². The Labute approximate surface area is 80.2 Å². The van der Waals surface area contributed by atoms with Crippen LogP contribution in [0.15, 0.2) is 24.3 Å². The lowest BCUT2D eigenvalue weighted by Gasteiger charge is -2.10. The van der Waals surface area contributed by atoms with Crippen LogP contribution in [-0.4, -0.2) is 7.05 Å². The summed E-state index contributed by atoms with van der Waals surface area (Å²) < 4.78 is 0. The van der Waals surface area contributed by atoms with Crippen LogP contribution in [0.1, 0.15) is 31.2 Å². The van der Waals surface area contributed by atoms with Crippen molar-refractivity contribution in [2.24, 2.45) is 5.92 Å². The number of rotatable bonds is 3. The van der Waals surface area contributed by atoms with Crippen molar-refractivity contribution in [2.75, 3.05) is 12.4 Å². The molecule has 0 bridgehead atoms. The van der Waals surface area contributed by atoms with Gasteiger partial charge >= 0.3 is 0 Å². The van der Waals surface area contributed by atoms with Crippen molar-refractivity contribution in [1.82, 2.24) is 0 Å². The van der Waals surface area contributed by atoms with Crippen LogP contribution in [0.4, 0.5) is 5.69 Å². The van der Waals surface area contributed by atoms with E-state index >= 15 is 0 Å². The zero-order valence-electron chi connectivity index (χ0n) is 8.38. The molecular formula is C12H17N. The maximum absolute atomic E-state index is 3.14. The first-order chi connectivity index (χ1) is 6.31. The number of nitrogens with one attached hydrogen (secondary N) is 1. The Morgan fingerprint density at radius 2 is 1.85 bits per heavy atom. The quantitative estimate of drug-likeness (QED) is 0.743. The Morgan fingerprint density at radius 3 is 2.31 bits per heavy atom. The summed E-state index contributed by atoms with van der Waals surface area (Å²) in [7, 11) is 1.96. The standard InChI is InChI=1S/C12H17N/c1-9(10-3-4-10)11-5-7-12(13-2)8-6-11/h5-10,13H,3-4H2,1-2H3. The highest BCUT2D eigenvalue weighted by molar-refractivity contribution is 5.44. The smallest absolute Gasteiger partial charge is 0.0337 e. The average molecular weight is 175 g/mol. The van der Waals surface area contributed by atoms with E-state index in [1.165, 1.54) is 24.1 Å². The Hall–Kier alpha value is -0.980. The van der Waals surface area contributed by atoms with Crippen molar-refractivity contribution < 1.29 is 0 Å². The Balaban J connectivity index is 2.11. The van der Waals surface area contributed by atoms with E-state index in [0.29, 0.717) is 0 Å². The van der Waals surface area contributed by atoms with Gasteiger partial charge in [-0.3, -0.25) is 0 Å². The molecule has 0 heterocycles. The van der Waals surface area contributed by atoms with E-state index in [1.807, 2.05) is 7.05 Å². The molecule has 0 spiro atoms. The van der Waals surface area contributed by atoms with Crippen molar-refractivity contribution in [1.29, 1.82) is 0 Å². The van der Waals surface area contributed by atoms with E-state index in [0.717, 1.165) is 11.8 Å². The summed E-state index contributed by atoms with van der Waals surface area (Å²) in [6, 6.07) is 8.81. The Kier molecular flexibility index (Phi) is 2.26. The maximum atomic E-state index is 3.14. The molecule has 1 aliphatic carbocycles. The predicted molar refractivity (Wildman–Crippen MR) is 57.1 cm³/mol. The zero-order valence-corrected chi connectivity index (χ0v) is 8.38. The van der Waals surface area contributed by atoms with Crippen LogP contribution in [0.3, 0.4) is 0 Å². The second kappa shape index (κ2) is 3.41. The maximum Gasteiger partial charge on any atom is 0.0337 e. The lowest BCUT2D eigenvalue weighted by atomic mass is 9.96. The van der Waals surface area contributed by atoms with Crippen LogP contribution in [0.2, 0.25) is 0 Å². The van der Waals surface area contributed by atoms with Gasteiger partial charge in [0.15, 0.2) is 0 Å². The number of anilines is 1. The van der Waals surface area contributed by atoms with Crippen LogP contribution >= 0.6 is 0 Å². The predicted octanol–water partition coefficient (Wildman–Crippen LogP) is 3.24. The van der Waals surface area contributed by atoms with Crippen molar-refractivity contribution in [2.45, 2.75) is 25.7 Å². The first-order valence-electron chi connectivity index (χ1n) is 5.09. The minimum Gasteiger partial charge on any atom is -0.388 e. The van der Waals surface area contributed by atoms with Crippen LogP contribution < -0.4 is 5.32 Å². The molecule has 2 rings (SSSR count). The SMILES string of the molecule is CNc1ccc(C(C)C2CC2)cc1. The third-order valence-electron chi connectivity index (χ3n) is 3.05. The van der Waals surface area contributed by atoms with Gasteiger partial charge in [-0.2, -0.15) is 0 Å². The van der Waals surface area contributed by atoms with Crippen molar-refractivity contribution in [3.63, 3.8) is 0 Å². The fourth-order valence-electron chi connectivity index (χ4n) is 1.82. The summed E-state index contributed by atoms with van der Waals surface area (Å²) in [4.78, 5) is 0. The minimum absolute atomic E-state index is 0.755. The summed E-state index contributed by atoms with van der Waals surface area (Å²) in [6.07, 6.45) is 2.85. The summed E-state index contributed by atoms with van der Waals surface area (Å²) in [5.74, 6) is 1.71. The molecule has 0 radical (unpaired) electrons. The monoisotopic (exact) mass is 175 g/mol. The van der Waals surface area contributed by atoms with E-state index < -0.39 is 0 Å². The molecule has 1 saturated carbocycles. The molecule has 1 heteroatoms. The number of hydrogen-bond acceptors (Lipinski definition) is 1. The molecule has 0 aliphatic heterocycles. The Bertz CT molecular complexity index is 272. The molecule has 13 heavy (non-hydrogen) atoms. The minimum atomic E-state index is 0.755. The number of hydrogen-bond donors (Lipinski definition) is 1. The third kappa shape index (κ3) is 1.85. The molecule has 1 atom stereocenters. The molecule has 1 aromatic carbocycles. The highest BCUT2D eigenvalue weighted by Crippen LogP contribution is 2.42. The van der Waals surface area contributed by atoms with Gasteiger partial charge in [-0.1, -0.05) is 19.1 Å². The normalized spacial score (nSPS) is 18.3. The van der Waals surface area contributed by atoms with Crippen molar-refractivity contribution >= 4 is 5.69 Å². The van der Waals surface area contributed by atoms with Gasteiger partial charge in [0.1, 0.15) is 0 Å². The Morgan fingerprint density at radius 1 is 1.23 bits per heavy atom. The third-order valence-corrected chi connectivity index (χ3v) is 3.05. The molecule has 1 aromatic rings. The lowest BCUT2D eigenvalue weighted by Crippen LogP contribution is -1.96. The van der Waals surface area contributed by atoms with Gasteiger partial charge < -0.3 is 5.32 Å². The van der Waals surface area contributed by atoms with Crippen molar-refractivity contribution in [3.05, 3.63) is 29.8 Å². The van der Waals surface area contributed by atoms with Crippen molar-refractivity contribution in [3.8, 4) is 0 Å². The van der Waals surface area contributed by atoms with Gasteiger partial charge in [0, 0.05) is 12.7 Å². The fraction of sp³-hybridized carbons (Fsp3) is 0.500. The second-order valence-electron chi connectivity index (χ2n) is 4.00. The molecule has 70 valence electrons. The van der Waals surface area contributed by atoms with Crippen LogP contribution in [0.5, 0.6) is 0 Å². The van der Waals surface area contributed by atoms with Gasteiger partial charge in [-0.15, -0.1) is 0 Å². The zero-order chi connectivity index (χ0) is 9.26. The molecule has 1 N–H and O–H groups in total.